The van der Waals surface area contributed by atoms with E-state index in [0.29, 0.717) is 30.3 Å². The van der Waals surface area contributed by atoms with E-state index >= 15 is 0 Å². The van der Waals surface area contributed by atoms with Crippen molar-refractivity contribution in [3.8, 4) is 16.9 Å². The summed E-state index contributed by atoms with van der Waals surface area (Å²) in [4.78, 5) is 10.2. The van der Waals surface area contributed by atoms with Crippen LogP contribution in [0.15, 0.2) is 87.3 Å². The molecule has 4 rings (SSSR count). The van der Waals surface area contributed by atoms with Gasteiger partial charge in [0.25, 0.3) is 20.2 Å². The fourth-order valence-electron chi connectivity index (χ4n) is 4.45. The molecule has 0 bridgehead atoms. The second kappa shape index (κ2) is 11.9. The smallest absolute Gasteiger partial charge is 0.296 e. The highest BCUT2D eigenvalue weighted by atomic mass is 32.2. The molecule has 0 aromatic heterocycles. The first-order chi connectivity index (χ1) is 20.1. The predicted molar refractivity (Wildman–Crippen MR) is 163 cm³/mol. The van der Waals surface area contributed by atoms with Crippen molar-refractivity contribution >= 4 is 59.7 Å². The number of carbonyl (C=O) groups excluding carboxylic acids is 1. The fourth-order valence-corrected chi connectivity index (χ4v) is 5.88. The Hall–Kier alpha value is -4.63. The van der Waals surface area contributed by atoms with Gasteiger partial charge in [0.05, 0.1) is 16.8 Å². The van der Waals surface area contributed by atoms with Crippen LogP contribution in [0.1, 0.15) is 24.0 Å². The number of nitrogens with zero attached hydrogens (tertiary/aromatic N) is 2. The molecule has 0 saturated heterocycles. The highest BCUT2D eigenvalue weighted by Gasteiger charge is 2.26. The standard InChI is InChI=1S/C29H28N4O8S2/c1-4-5-6-26(34)31-21-10-7-18(13-16(21)2)19-8-11-22(17(3)14-19)32-33-23-12-9-20-24(42(36,37)38)15-25(43(39,40)41)28(30)27(20)29(23)35/h4,7-15,35H,1,5-6,30H2,2-3H3,(H,31,34)(H,36,37,38)(H,39,40,41). The van der Waals surface area contributed by atoms with Crippen molar-refractivity contribution in [2.24, 2.45) is 10.2 Å². The number of nitrogens with two attached hydrogens (primary N) is 1. The topological polar surface area (TPSA) is 209 Å². The number of fused-ring (bicyclic) bond motifs is 1. The van der Waals surface area contributed by atoms with Crippen LogP contribution in [0.25, 0.3) is 21.9 Å². The molecule has 4 aromatic carbocycles. The minimum Gasteiger partial charge on any atom is -0.505 e. The minimum atomic E-state index is -5.03. The summed E-state index contributed by atoms with van der Waals surface area (Å²) in [6, 6.07) is 13.9. The van der Waals surface area contributed by atoms with Crippen LogP contribution in [0.2, 0.25) is 0 Å². The van der Waals surface area contributed by atoms with Crippen LogP contribution < -0.4 is 11.1 Å². The summed E-state index contributed by atoms with van der Waals surface area (Å²) in [5.74, 6) is -0.810. The molecule has 0 aliphatic heterocycles. The molecule has 0 radical (unpaired) electrons. The van der Waals surface area contributed by atoms with Crippen molar-refractivity contribution in [1.82, 2.24) is 0 Å². The third-order valence-corrected chi connectivity index (χ3v) is 8.43. The molecular formula is C29H28N4O8S2. The molecule has 0 aliphatic rings. The largest absolute Gasteiger partial charge is 0.505 e. The van der Waals surface area contributed by atoms with E-state index in [-0.39, 0.29) is 17.0 Å². The number of allylic oxidation sites excluding steroid dienone is 1. The zero-order valence-corrected chi connectivity index (χ0v) is 24.7. The van der Waals surface area contributed by atoms with Crippen LogP contribution >= 0.6 is 0 Å². The van der Waals surface area contributed by atoms with E-state index in [9.17, 15) is 35.8 Å². The Labute approximate surface area is 248 Å². The number of amides is 1. The average molecular weight is 625 g/mol. The van der Waals surface area contributed by atoms with Gasteiger partial charge in [0.2, 0.25) is 5.91 Å². The number of hydrogen-bond acceptors (Lipinski definition) is 9. The molecule has 0 unspecified atom stereocenters. The summed E-state index contributed by atoms with van der Waals surface area (Å²) in [6.07, 6.45) is 2.62. The highest BCUT2D eigenvalue weighted by molar-refractivity contribution is 7.87. The Balaban J connectivity index is 1.68. The number of anilines is 2. The van der Waals surface area contributed by atoms with E-state index in [1.54, 1.807) is 19.1 Å². The second-order valence-corrected chi connectivity index (χ2v) is 12.5. The summed E-state index contributed by atoms with van der Waals surface area (Å²) in [5, 5.41) is 21.2. The van der Waals surface area contributed by atoms with E-state index in [1.807, 2.05) is 37.3 Å². The quantitative estimate of drug-likeness (QED) is 0.0618. The number of benzene rings is 4. The number of hydrogen-bond donors (Lipinski definition) is 5. The molecule has 0 atom stereocenters. The predicted octanol–water partition coefficient (Wildman–Crippen LogP) is 6.22. The normalized spacial score (nSPS) is 12.1. The molecule has 12 nitrogen and oxygen atoms in total. The van der Waals surface area contributed by atoms with Gasteiger partial charge in [-0.1, -0.05) is 24.3 Å². The maximum atomic E-state index is 12.1. The molecule has 14 heteroatoms. The molecule has 1 amide bonds. The number of nitrogen functional groups attached to an aromatic ring is 1. The third-order valence-electron chi connectivity index (χ3n) is 6.65. The lowest BCUT2D eigenvalue weighted by Crippen LogP contribution is -2.11. The maximum Gasteiger partial charge on any atom is 0.296 e. The first kappa shape index (κ1) is 31.3. The summed E-state index contributed by atoms with van der Waals surface area (Å²) >= 11 is 0. The van der Waals surface area contributed by atoms with Crippen LogP contribution in [0, 0.1) is 13.8 Å². The van der Waals surface area contributed by atoms with Gasteiger partial charge in [-0.2, -0.15) is 21.9 Å². The maximum absolute atomic E-state index is 12.1. The Morgan fingerprint density at radius 2 is 1.47 bits per heavy atom. The summed E-state index contributed by atoms with van der Waals surface area (Å²) < 4.78 is 66.6. The van der Waals surface area contributed by atoms with Crippen LogP contribution in [-0.4, -0.2) is 37.0 Å². The lowest BCUT2D eigenvalue weighted by molar-refractivity contribution is -0.116. The van der Waals surface area contributed by atoms with Crippen molar-refractivity contribution < 1.29 is 35.8 Å². The van der Waals surface area contributed by atoms with Crippen molar-refractivity contribution in [2.75, 3.05) is 11.1 Å². The summed E-state index contributed by atoms with van der Waals surface area (Å²) in [6.45, 7) is 7.31. The Morgan fingerprint density at radius 1 is 0.884 bits per heavy atom. The number of rotatable bonds is 9. The molecule has 0 heterocycles. The number of phenolic OH excluding ortho intramolecular Hbond substituents is 1. The number of carbonyl (C=O) groups is 1. The molecule has 0 saturated carbocycles. The van der Waals surface area contributed by atoms with Gasteiger partial charge in [-0.15, -0.1) is 11.7 Å². The molecule has 6 N–H and O–H groups in total. The third kappa shape index (κ3) is 6.73. The van der Waals surface area contributed by atoms with Crippen LogP contribution in [0.3, 0.4) is 0 Å². The van der Waals surface area contributed by atoms with Crippen LogP contribution in [0.4, 0.5) is 22.7 Å². The second-order valence-electron chi connectivity index (χ2n) is 9.70. The Morgan fingerprint density at radius 3 is 2.05 bits per heavy atom. The van der Waals surface area contributed by atoms with Crippen LogP contribution in [-0.2, 0) is 25.0 Å². The molecular weight excluding hydrogens is 596 g/mol. The van der Waals surface area contributed by atoms with E-state index in [4.69, 9.17) is 5.73 Å². The fraction of sp³-hybridized carbons (Fsp3) is 0.138. The zero-order chi connectivity index (χ0) is 31.7. The van der Waals surface area contributed by atoms with Gasteiger partial charge in [0, 0.05) is 17.5 Å². The monoisotopic (exact) mass is 624 g/mol. The Bertz CT molecular complexity index is 2040. The van der Waals surface area contributed by atoms with Gasteiger partial charge in [-0.25, -0.2) is 0 Å². The first-order valence-corrected chi connectivity index (χ1v) is 15.6. The van der Waals surface area contributed by atoms with Gasteiger partial charge in [-0.3, -0.25) is 13.9 Å². The highest BCUT2D eigenvalue weighted by Crippen LogP contribution is 2.44. The van der Waals surface area contributed by atoms with E-state index in [1.165, 1.54) is 12.1 Å². The van der Waals surface area contributed by atoms with E-state index in [2.05, 4.69) is 22.1 Å². The Kier molecular flexibility index (Phi) is 8.69. The van der Waals surface area contributed by atoms with Gasteiger partial charge < -0.3 is 16.2 Å². The molecule has 224 valence electrons. The molecule has 0 aliphatic carbocycles. The van der Waals surface area contributed by atoms with Gasteiger partial charge in [0.1, 0.15) is 15.5 Å². The molecule has 0 fully saturated rings. The lowest BCUT2D eigenvalue weighted by atomic mass is 10.00. The number of azo groups is 1. The average Bonchev–Trinajstić information content (AvgIpc) is 2.91. The van der Waals surface area contributed by atoms with Gasteiger partial charge >= 0.3 is 0 Å². The van der Waals surface area contributed by atoms with Crippen molar-refractivity contribution in [1.29, 1.82) is 0 Å². The van der Waals surface area contributed by atoms with Crippen molar-refractivity contribution in [3.63, 3.8) is 0 Å². The van der Waals surface area contributed by atoms with Gasteiger partial charge in [0.15, 0.2) is 5.75 Å². The number of nitrogens with one attached hydrogen (secondary N) is 1. The van der Waals surface area contributed by atoms with Crippen LogP contribution in [0.5, 0.6) is 5.75 Å². The van der Waals surface area contributed by atoms with Crippen molar-refractivity contribution in [3.05, 3.63) is 78.4 Å². The lowest BCUT2D eigenvalue weighted by Gasteiger charge is -2.13. The molecule has 43 heavy (non-hydrogen) atoms. The number of aryl methyl sites for hydroxylation is 2. The zero-order valence-electron chi connectivity index (χ0n) is 23.1. The first-order valence-electron chi connectivity index (χ1n) is 12.7. The number of aromatic hydroxyl groups is 1. The minimum absolute atomic E-state index is 0.0980. The molecule has 4 aromatic rings. The summed E-state index contributed by atoms with van der Waals surface area (Å²) in [5.41, 5.74) is 9.59. The van der Waals surface area contributed by atoms with E-state index in [0.717, 1.165) is 22.3 Å². The SMILES string of the molecule is C=CCCC(=O)Nc1ccc(-c2ccc(N=Nc3ccc4c(S(=O)(=O)O)cc(S(=O)(=O)O)c(N)c4c3O)c(C)c2)cc1C. The van der Waals surface area contributed by atoms with Gasteiger partial charge in [-0.05, 0) is 78.9 Å². The van der Waals surface area contributed by atoms with Crippen molar-refractivity contribution in [2.45, 2.75) is 36.5 Å². The number of phenols is 1. The van der Waals surface area contributed by atoms with E-state index < -0.39 is 46.9 Å². The summed E-state index contributed by atoms with van der Waals surface area (Å²) in [7, 11) is -10.0. The molecule has 0 spiro atoms.